The maximum atomic E-state index is 10.5. The molecule has 0 unspecified atom stereocenters. The van der Waals surface area contributed by atoms with Crippen LogP contribution in [0.15, 0.2) is 18.2 Å². The Hall–Kier alpha value is -1.13. The van der Waals surface area contributed by atoms with E-state index in [2.05, 4.69) is 4.98 Å². The monoisotopic (exact) mass is 226 g/mol. The molecule has 14 heavy (non-hydrogen) atoms. The summed E-state index contributed by atoms with van der Waals surface area (Å²) in [5.74, 6) is 0. The highest BCUT2D eigenvalue weighted by atomic mass is 35.5. The minimum Gasteiger partial charge on any atom is -0.294 e. The molecule has 1 amide bonds. The van der Waals surface area contributed by atoms with E-state index in [-0.39, 0.29) is 0 Å². The van der Waals surface area contributed by atoms with E-state index in [1.165, 1.54) is 16.2 Å². The quantitative estimate of drug-likeness (QED) is 0.738. The van der Waals surface area contributed by atoms with Gasteiger partial charge in [0.15, 0.2) is 5.13 Å². The molecule has 2 aromatic rings. The fourth-order valence-electron chi connectivity index (χ4n) is 1.10. The SMILES string of the molecule is CN(C=O)c1nc2cccc(Cl)c2s1. The Morgan fingerprint density at radius 1 is 1.57 bits per heavy atom. The van der Waals surface area contributed by atoms with Gasteiger partial charge in [0, 0.05) is 7.05 Å². The van der Waals surface area contributed by atoms with Crippen molar-refractivity contribution in [3.63, 3.8) is 0 Å². The first-order valence-electron chi connectivity index (χ1n) is 3.95. The summed E-state index contributed by atoms with van der Waals surface area (Å²) < 4.78 is 0.915. The molecule has 0 aliphatic heterocycles. The third-order valence-electron chi connectivity index (χ3n) is 1.82. The summed E-state index contributed by atoms with van der Waals surface area (Å²) in [7, 11) is 1.67. The highest BCUT2D eigenvalue weighted by molar-refractivity contribution is 7.23. The van der Waals surface area contributed by atoms with Crippen LogP contribution in [-0.4, -0.2) is 18.4 Å². The van der Waals surface area contributed by atoms with Crippen LogP contribution in [0.3, 0.4) is 0 Å². The Balaban J connectivity index is 2.62. The van der Waals surface area contributed by atoms with Crippen molar-refractivity contribution in [2.24, 2.45) is 0 Å². The van der Waals surface area contributed by atoms with Gasteiger partial charge in [-0.1, -0.05) is 29.0 Å². The Morgan fingerprint density at radius 2 is 2.36 bits per heavy atom. The highest BCUT2D eigenvalue weighted by Gasteiger charge is 2.09. The average Bonchev–Trinajstić information content (AvgIpc) is 2.62. The van der Waals surface area contributed by atoms with Crippen LogP contribution in [0.25, 0.3) is 10.2 Å². The van der Waals surface area contributed by atoms with Crippen molar-refractivity contribution >= 4 is 44.7 Å². The predicted molar refractivity (Wildman–Crippen MR) is 59.1 cm³/mol. The number of halogens is 1. The minimum absolute atomic E-state index is 0.656. The summed E-state index contributed by atoms with van der Waals surface area (Å²) >= 11 is 7.39. The van der Waals surface area contributed by atoms with Crippen molar-refractivity contribution in [3.05, 3.63) is 23.2 Å². The van der Waals surface area contributed by atoms with Crippen molar-refractivity contribution in [3.8, 4) is 0 Å². The molecule has 3 nitrogen and oxygen atoms in total. The molecule has 0 fully saturated rings. The molecule has 0 atom stereocenters. The standard InChI is InChI=1S/C9H7ClN2OS/c1-12(5-13)9-11-7-4-2-3-6(10)8(7)14-9/h2-5H,1H3. The van der Waals surface area contributed by atoms with Crippen LogP contribution in [0.5, 0.6) is 0 Å². The summed E-state index contributed by atoms with van der Waals surface area (Å²) in [5, 5.41) is 1.33. The predicted octanol–water partition coefficient (Wildman–Crippen LogP) is 2.54. The number of anilines is 1. The van der Waals surface area contributed by atoms with Crippen molar-refractivity contribution in [1.29, 1.82) is 0 Å². The number of aromatic nitrogens is 1. The number of thiazole rings is 1. The molecular formula is C9H7ClN2OS. The first-order chi connectivity index (χ1) is 6.72. The smallest absolute Gasteiger partial charge is 0.215 e. The van der Waals surface area contributed by atoms with Crippen LogP contribution in [0.1, 0.15) is 0 Å². The van der Waals surface area contributed by atoms with E-state index < -0.39 is 0 Å². The number of carbonyl (C=O) groups excluding carboxylic acids is 1. The van der Waals surface area contributed by atoms with Gasteiger partial charge in [-0.05, 0) is 12.1 Å². The van der Waals surface area contributed by atoms with Gasteiger partial charge in [-0.15, -0.1) is 0 Å². The molecule has 0 bridgehead atoms. The van der Waals surface area contributed by atoms with E-state index in [0.717, 1.165) is 16.6 Å². The number of benzene rings is 1. The number of fused-ring (bicyclic) bond motifs is 1. The Kier molecular flexibility index (Phi) is 2.39. The molecule has 0 saturated heterocycles. The second kappa shape index (κ2) is 3.55. The molecule has 1 aromatic heterocycles. The molecule has 1 heterocycles. The molecule has 0 aliphatic carbocycles. The third kappa shape index (κ3) is 1.47. The van der Waals surface area contributed by atoms with Crippen LogP contribution in [0.2, 0.25) is 5.02 Å². The van der Waals surface area contributed by atoms with Gasteiger partial charge < -0.3 is 0 Å². The Labute approximate surface area is 89.9 Å². The van der Waals surface area contributed by atoms with Gasteiger partial charge in [0.25, 0.3) is 0 Å². The largest absolute Gasteiger partial charge is 0.294 e. The van der Waals surface area contributed by atoms with Crippen LogP contribution >= 0.6 is 22.9 Å². The molecule has 1 aromatic carbocycles. The lowest BCUT2D eigenvalue weighted by Crippen LogP contribution is -2.12. The van der Waals surface area contributed by atoms with E-state index in [0.29, 0.717) is 10.2 Å². The molecule has 5 heteroatoms. The van der Waals surface area contributed by atoms with Gasteiger partial charge in [0.05, 0.1) is 15.2 Å². The first-order valence-corrected chi connectivity index (χ1v) is 5.15. The van der Waals surface area contributed by atoms with Crippen LogP contribution in [-0.2, 0) is 4.79 Å². The van der Waals surface area contributed by atoms with Crippen LogP contribution in [0.4, 0.5) is 5.13 Å². The second-order valence-corrected chi connectivity index (χ2v) is 4.19. The lowest BCUT2D eigenvalue weighted by atomic mass is 10.3. The van der Waals surface area contributed by atoms with Crippen LogP contribution in [0, 0.1) is 0 Å². The number of rotatable bonds is 2. The summed E-state index contributed by atoms with van der Waals surface area (Å²) in [6.07, 6.45) is 0.728. The van der Waals surface area contributed by atoms with Crippen molar-refractivity contribution in [1.82, 2.24) is 4.98 Å². The molecule has 0 aliphatic rings. The maximum absolute atomic E-state index is 10.5. The number of nitrogens with zero attached hydrogens (tertiary/aromatic N) is 2. The number of amides is 1. The molecule has 0 radical (unpaired) electrons. The van der Waals surface area contributed by atoms with Gasteiger partial charge in [0.1, 0.15) is 0 Å². The topological polar surface area (TPSA) is 33.2 Å². The number of hydrogen-bond acceptors (Lipinski definition) is 3. The fraction of sp³-hybridized carbons (Fsp3) is 0.111. The summed E-state index contributed by atoms with van der Waals surface area (Å²) in [5.41, 5.74) is 0.825. The third-order valence-corrected chi connectivity index (χ3v) is 3.44. The van der Waals surface area contributed by atoms with E-state index in [1.54, 1.807) is 7.05 Å². The van der Waals surface area contributed by atoms with Gasteiger partial charge >= 0.3 is 0 Å². The van der Waals surface area contributed by atoms with E-state index in [1.807, 2.05) is 18.2 Å². The van der Waals surface area contributed by atoms with E-state index in [4.69, 9.17) is 11.6 Å². The Bertz CT molecular complexity index is 483. The summed E-state index contributed by atoms with van der Waals surface area (Å²) in [6, 6.07) is 5.53. The zero-order chi connectivity index (χ0) is 10.1. The normalized spacial score (nSPS) is 10.4. The lowest BCUT2D eigenvalue weighted by Gasteiger charge is -2.02. The molecule has 0 spiro atoms. The lowest BCUT2D eigenvalue weighted by molar-refractivity contribution is -0.107. The summed E-state index contributed by atoms with van der Waals surface area (Å²) in [4.78, 5) is 16.2. The summed E-state index contributed by atoms with van der Waals surface area (Å²) in [6.45, 7) is 0. The minimum atomic E-state index is 0.656. The van der Waals surface area contributed by atoms with Gasteiger partial charge in [-0.25, -0.2) is 4.98 Å². The fourth-order valence-corrected chi connectivity index (χ4v) is 2.28. The second-order valence-electron chi connectivity index (χ2n) is 2.80. The highest BCUT2D eigenvalue weighted by Crippen LogP contribution is 2.32. The van der Waals surface area contributed by atoms with Crippen LogP contribution < -0.4 is 4.90 Å². The van der Waals surface area contributed by atoms with E-state index >= 15 is 0 Å². The first kappa shape index (κ1) is 9.43. The molecule has 72 valence electrons. The zero-order valence-electron chi connectivity index (χ0n) is 7.40. The Morgan fingerprint density at radius 3 is 3.00 bits per heavy atom. The van der Waals surface area contributed by atoms with Gasteiger partial charge in [0.2, 0.25) is 6.41 Å². The van der Waals surface area contributed by atoms with Crippen molar-refractivity contribution in [2.75, 3.05) is 11.9 Å². The van der Waals surface area contributed by atoms with Crippen molar-refractivity contribution < 1.29 is 4.79 Å². The number of carbonyl (C=O) groups is 1. The molecule has 0 N–H and O–H groups in total. The zero-order valence-corrected chi connectivity index (χ0v) is 8.97. The maximum Gasteiger partial charge on any atom is 0.215 e. The average molecular weight is 227 g/mol. The van der Waals surface area contributed by atoms with Gasteiger partial charge in [-0.2, -0.15) is 0 Å². The molecular weight excluding hydrogens is 220 g/mol. The van der Waals surface area contributed by atoms with Crippen molar-refractivity contribution in [2.45, 2.75) is 0 Å². The number of hydrogen-bond donors (Lipinski definition) is 0. The van der Waals surface area contributed by atoms with Gasteiger partial charge in [-0.3, -0.25) is 9.69 Å². The molecule has 0 saturated carbocycles. The van der Waals surface area contributed by atoms with E-state index in [9.17, 15) is 4.79 Å². The molecule has 2 rings (SSSR count).